The Labute approximate surface area is 224 Å². The molecule has 23 heteroatoms. The van der Waals surface area contributed by atoms with Crippen LogP contribution in [0.5, 0.6) is 0 Å². The molecule has 1 atom stereocenters. The van der Waals surface area contributed by atoms with Gasteiger partial charge in [0.2, 0.25) is 0 Å². The molecular weight excluding hydrogens is 681 g/mol. The largest absolute Gasteiger partial charge is 0.380 e. The van der Waals surface area contributed by atoms with Gasteiger partial charge < -0.3 is 9.05 Å². The molecule has 5 nitrogen and oxygen atoms in total. The van der Waals surface area contributed by atoms with Gasteiger partial charge in [-0.05, 0) is 31.2 Å². The van der Waals surface area contributed by atoms with Crippen LogP contribution in [0.2, 0.25) is 0 Å². The number of allylic oxidation sites excluding steroid dienone is 2. The normalized spacial score (nSPS) is 16.3. The van der Waals surface area contributed by atoms with E-state index in [1.165, 1.54) is 0 Å². The van der Waals surface area contributed by atoms with Crippen LogP contribution >= 0.6 is 53.5 Å². The predicted octanol–water partition coefficient (Wildman–Crippen LogP) is 11.1. The van der Waals surface area contributed by atoms with E-state index in [2.05, 4.69) is 23.1 Å². The number of rotatable bonds is 11. The molecule has 0 aromatic carbocycles. The van der Waals surface area contributed by atoms with Gasteiger partial charge in [0.15, 0.2) is 17.5 Å². The van der Waals surface area contributed by atoms with E-state index >= 15 is 0 Å². The first-order valence-electron chi connectivity index (χ1n) is 9.13. The van der Waals surface area contributed by atoms with Gasteiger partial charge in [-0.3, -0.25) is 4.74 Å². The maximum Gasteiger partial charge on any atom is 0.380 e. The van der Waals surface area contributed by atoms with E-state index < -0.39 is 81.0 Å². The van der Waals surface area contributed by atoms with Gasteiger partial charge in [-0.1, -0.05) is 22.5 Å². The van der Waals surface area contributed by atoms with Crippen molar-refractivity contribution in [2.75, 3.05) is 47.3 Å². The van der Waals surface area contributed by atoms with Gasteiger partial charge in [0.25, 0.3) is 6.78 Å². The maximum absolute atomic E-state index is 13.6. The molecule has 0 bridgehead atoms. The van der Waals surface area contributed by atoms with Gasteiger partial charge >= 0.3 is 24.2 Å². The SMILES string of the molecule is CN=P(C)(Cl)Cl.CN=P(Cl)(N=P(C)(C)OCC(F)(F)C(F)(F)C(F)(F)C(F)F)OC/C(F)=C(F)\C(F)=C/F. The fourth-order valence-corrected chi connectivity index (χ4v) is 6.85. The molecule has 228 valence electrons. The highest BCUT2D eigenvalue weighted by Crippen LogP contribution is 2.66. The topological polar surface area (TPSA) is 55.5 Å². The maximum atomic E-state index is 13.6. The van der Waals surface area contributed by atoms with Gasteiger partial charge in [-0.2, -0.15) is 30.9 Å². The Bertz CT molecular complexity index is 1020. The molecule has 0 aromatic heterocycles. The van der Waals surface area contributed by atoms with Crippen molar-refractivity contribution in [2.45, 2.75) is 24.2 Å². The van der Waals surface area contributed by atoms with Crippen molar-refractivity contribution in [3.05, 3.63) is 23.8 Å². The van der Waals surface area contributed by atoms with Crippen LogP contribution in [-0.2, 0) is 9.05 Å². The van der Waals surface area contributed by atoms with Crippen molar-refractivity contribution >= 4 is 53.5 Å². The molecule has 0 saturated carbocycles. The third kappa shape index (κ3) is 12.7. The van der Waals surface area contributed by atoms with Crippen LogP contribution in [0.3, 0.4) is 0 Å². The van der Waals surface area contributed by atoms with Crippen molar-refractivity contribution in [1.82, 2.24) is 0 Å². The Balaban J connectivity index is 0. The third-order valence-corrected chi connectivity index (χ3v) is 10.8. The summed E-state index contributed by atoms with van der Waals surface area (Å²) in [6, 6.07) is 0. The lowest BCUT2D eigenvalue weighted by Gasteiger charge is -2.33. The highest BCUT2D eigenvalue weighted by atomic mass is 35.9. The summed E-state index contributed by atoms with van der Waals surface area (Å²) in [5, 5.41) is 0. The van der Waals surface area contributed by atoms with E-state index in [1.807, 2.05) is 0 Å². The molecular formula is C15H21Cl3F12N3O2P3. The molecule has 0 aliphatic heterocycles. The van der Waals surface area contributed by atoms with Crippen LogP contribution in [0.25, 0.3) is 0 Å². The summed E-state index contributed by atoms with van der Waals surface area (Å²) in [7, 11) is -1.23. The molecule has 0 amide bonds. The second-order valence-corrected chi connectivity index (χ2v) is 19.8. The van der Waals surface area contributed by atoms with E-state index in [0.29, 0.717) is 0 Å². The number of hydrogen-bond acceptors (Lipinski definition) is 4. The predicted molar refractivity (Wildman–Crippen MR) is 128 cm³/mol. The first kappa shape index (κ1) is 40.3. The van der Waals surface area contributed by atoms with Crippen LogP contribution in [-0.4, -0.2) is 71.5 Å². The van der Waals surface area contributed by atoms with Gasteiger partial charge in [-0.25, -0.2) is 31.1 Å². The zero-order valence-corrected chi connectivity index (χ0v) is 24.7. The molecule has 0 N–H and O–H groups in total. The molecule has 0 aliphatic carbocycles. The van der Waals surface area contributed by atoms with E-state index in [-0.39, 0.29) is 0 Å². The molecule has 38 heavy (non-hydrogen) atoms. The summed E-state index contributed by atoms with van der Waals surface area (Å²) < 4.78 is 174. The van der Waals surface area contributed by atoms with Crippen molar-refractivity contribution in [2.24, 2.45) is 14.0 Å². The molecule has 0 spiro atoms. The van der Waals surface area contributed by atoms with Crippen molar-refractivity contribution in [1.29, 1.82) is 0 Å². The van der Waals surface area contributed by atoms with Gasteiger partial charge in [-0.15, -0.1) is 0 Å². The van der Waals surface area contributed by atoms with Crippen LogP contribution in [0.4, 0.5) is 52.7 Å². The van der Waals surface area contributed by atoms with E-state index in [1.54, 1.807) is 13.7 Å². The van der Waals surface area contributed by atoms with E-state index in [4.69, 9.17) is 33.7 Å². The summed E-state index contributed by atoms with van der Waals surface area (Å²) in [5.41, 5.74) is 0. The minimum absolute atomic E-state index is 0.858. The minimum Gasteiger partial charge on any atom is -0.338 e. The molecule has 0 fully saturated rings. The summed E-state index contributed by atoms with van der Waals surface area (Å²) in [5.74, 6) is -27.1. The number of halogens is 15. The average molecular weight is 703 g/mol. The third-order valence-electron chi connectivity index (χ3n) is 3.54. The molecule has 0 rings (SSSR count). The average Bonchev–Trinajstić information content (AvgIpc) is 2.79. The highest BCUT2D eigenvalue weighted by molar-refractivity contribution is 8.09. The monoisotopic (exact) mass is 701 g/mol. The standard InChI is InChI=1S/C13H15ClF12N2O2P2.C2H6Cl2NP/c1-27-32(14,29-5-8(17)9(18)7(16)4-15)28-31(2,3)30-6-11(21,22)13(25,26)12(23,24)10(19)20;1-5-6(2,3)4/h4,10H,5-6H2,1-3H3;1-2H3/b7-4+,9-8-;. The number of nitrogens with zero attached hydrogens (tertiary/aromatic N) is 3. The molecule has 0 heterocycles. The first-order valence-corrected chi connectivity index (χ1v) is 18.2. The summed E-state index contributed by atoms with van der Waals surface area (Å²) in [4.78, 5) is 0. The van der Waals surface area contributed by atoms with Gasteiger partial charge in [0, 0.05) is 14.1 Å². The zero-order chi connectivity index (χ0) is 31.0. The Kier molecular flexibility index (Phi) is 16.3. The molecule has 0 aliphatic rings. The van der Waals surface area contributed by atoms with Crippen LogP contribution in [0, 0.1) is 0 Å². The fourth-order valence-electron chi connectivity index (χ4n) is 1.51. The summed E-state index contributed by atoms with van der Waals surface area (Å²) in [6.07, 6.45) is -6.03. The van der Waals surface area contributed by atoms with Gasteiger partial charge in [0.05, 0.1) is 7.28 Å². The highest BCUT2D eigenvalue weighted by Gasteiger charge is 2.75. The fraction of sp³-hybridized carbons (Fsp3) is 0.733. The Hall–Kier alpha value is 0.120. The quantitative estimate of drug-likeness (QED) is 0.122. The zero-order valence-electron chi connectivity index (χ0n) is 19.7. The second kappa shape index (κ2) is 15.4. The van der Waals surface area contributed by atoms with E-state index in [9.17, 15) is 52.7 Å². The first-order chi connectivity index (χ1) is 16.8. The second-order valence-electron chi connectivity index (χ2n) is 6.93. The molecule has 0 aromatic rings. The lowest BCUT2D eigenvalue weighted by molar-refractivity contribution is -0.342. The smallest absolute Gasteiger partial charge is 0.338 e. The molecule has 1 unspecified atom stereocenters. The van der Waals surface area contributed by atoms with Crippen LogP contribution < -0.4 is 0 Å². The van der Waals surface area contributed by atoms with Gasteiger partial charge in [0.1, 0.15) is 25.3 Å². The minimum atomic E-state index is -6.52. The Morgan fingerprint density at radius 1 is 0.895 bits per heavy atom. The Morgan fingerprint density at radius 2 is 1.34 bits per heavy atom. The Morgan fingerprint density at radius 3 is 1.68 bits per heavy atom. The lowest BCUT2D eigenvalue weighted by Crippen LogP contribution is -2.59. The molecule has 0 radical (unpaired) electrons. The van der Waals surface area contributed by atoms with E-state index in [0.717, 1.165) is 20.4 Å². The van der Waals surface area contributed by atoms with Crippen LogP contribution in [0.1, 0.15) is 0 Å². The lowest BCUT2D eigenvalue weighted by atomic mass is 10.1. The number of alkyl halides is 8. The van der Waals surface area contributed by atoms with Crippen LogP contribution in [0.15, 0.2) is 37.8 Å². The molecule has 0 saturated heterocycles. The van der Waals surface area contributed by atoms with Crippen molar-refractivity contribution in [3.8, 4) is 0 Å². The summed E-state index contributed by atoms with van der Waals surface area (Å²) in [6.45, 7) is -4.67. The number of hydrogen-bond donors (Lipinski definition) is 0. The van der Waals surface area contributed by atoms with Crippen molar-refractivity contribution < 1.29 is 61.7 Å². The summed E-state index contributed by atoms with van der Waals surface area (Å²) >= 11 is 16.6. The van der Waals surface area contributed by atoms with Crippen molar-refractivity contribution in [3.63, 3.8) is 0 Å².